The lowest BCUT2D eigenvalue weighted by Crippen LogP contribution is -2.54. The van der Waals surface area contributed by atoms with Gasteiger partial charge in [-0.2, -0.15) is 0 Å². The van der Waals surface area contributed by atoms with E-state index in [2.05, 4.69) is 0 Å². The molecule has 0 radical (unpaired) electrons. The summed E-state index contributed by atoms with van der Waals surface area (Å²) in [6, 6.07) is 8.60. The molecule has 21 heavy (non-hydrogen) atoms. The number of carbonyl (C=O) groups excluding carboxylic acids is 1. The third-order valence-electron chi connectivity index (χ3n) is 2.99. The molecule has 1 aromatic rings. The maximum absolute atomic E-state index is 11.7. The summed E-state index contributed by atoms with van der Waals surface area (Å²) in [7, 11) is 0. The first-order valence-electron chi connectivity index (χ1n) is 6.31. The van der Waals surface area contributed by atoms with Gasteiger partial charge in [-0.05, 0) is 11.6 Å². The van der Waals surface area contributed by atoms with E-state index in [1.54, 1.807) is 30.3 Å². The van der Waals surface area contributed by atoms with Crippen molar-refractivity contribution in [2.45, 2.75) is 24.6 Å². The molecule has 1 aliphatic rings. The fourth-order valence-corrected chi connectivity index (χ4v) is 1.81. The Kier molecular flexibility index (Phi) is 4.92. The lowest BCUT2D eigenvalue weighted by Gasteiger charge is -2.34. The summed E-state index contributed by atoms with van der Waals surface area (Å²) in [5.41, 5.74) is 0.590. The summed E-state index contributed by atoms with van der Waals surface area (Å²) in [6.07, 6.45) is -4.60. The van der Waals surface area contributed by atoms with E-state index in [9.17, 15) is 25.2 Å². The first kappa shape index (κ1) is 15.5. The number of esters is 1. The summed E-state index contributed by atoms with van der Waals surface area (Å²) < 4.78 is 9.66. The summed E-state index contributed by atoms with van der Waals surface area (Å²) in [5.74, 6) is -1.77. The highest BCUT2D eigenvalue weighted by Gasteiger charge is 2.40. The molecule has 7 nitrogen and oxygen atoms in total. The number of hydrogen-bond donors (Lipinski definition) is 4. The Morgan fingerprint density at radius 2 is 1.86 bits per heavy atom. The molecule has 4 atom stereocenters. The predicted octanol–water partition coefficient (Wildman–Crippen LogP) is -0.432. The number of benzene rings is 1. The third kappa shape index (κ3) is 3.79. The molecule has 1 saturated heterocycles. The maximum atomic E-state index is 11.7. The molecule has 0 aliphatic carbocycles. The fraction of sp³-hybridized carbons (Fsp3) is 0.357. The van der Waals surface area contributed by atoms with Gasteiger partial charge in [-0.25, -0.2) is 4.79 Å². The zero-order valence-corrected chi connectivity index (χ0v) is 11.0. The topological polar surface area (TPSA) is 116 Å². The SMILES string of the molecule is O=C(OC1OC[C@@H](O)[C@@H](O)[C@@H]1O)C(O)=Cc1ccccc1. The molecule has 1 heterocycles. The number of carbonyl (C=O) groups is 1. The van der Waals surface area contributed by atoms with Crippen LogP contribution in [0.3, 0.4) is 0 Å². The molecule has 0 aromatic heterocycles. The van der Waals surface area contributed by atoms with Gasteiger partial charge < -0.3 is 29.9 Å². The minimum atomic E-state index is -1.60. The molecule has 4 N–H and O–H groups in total. The van der Waals surface area contributed by atoms with Crippen LogP contribution in [0.25, 0.3) is 6.08 Å². The van der Waals surface area contributed by atoms with Crippen molar-refractivity contribution in [1.29, 1.82) is 0 Å². The lowest BCUT2D eigenvalue weighted by atomic mass is 10.1. The Morgan fingerprint density at radius 3 is 2.52 bits per heavy atom. The first-order valence-corrected chi connectivity index (χ1v) is 6.31. The van der Waals surface area contributed by atoms with E-state index < -0.39 is 36.3 Å². The van der Waals surface area contributed by atoms with E-state index in [4.69, 9.17) is 9.47 Å². The average Bonchev–Trinajstić information content (AvgIpc) is 2.48. The zero-order chi connectivity index (χ0) is 15.4. The van der Waals surface area contributed by atoms with E-state index in [1.807, 2.05) is 0 Å². The number of hydrogen-bond acceptors (Lipinski definition) is 7. The Hall–Kier alpha value is -1.93. The van der Waals surface area contributed by atoms with E-state index in [0.717, 1.165) is 0 Å². The first-order chi connectivity index (χ1) is 9.99. The van der Waals surface area contributed by atoms with Crippen LogP contribution in [-0.4, -0.2) is 57.6 Å². The van der Waals surface area contributed by atoms with Gasteiger partial charge in [-0.15, -0.1) is 0 Å². The molecular formula is C14H16O7. The van der Waals surface area contributed by atoms with E-state index in [0.29, 0.717) is 5.56 Å². The van der Waals surface area contributed by atoms with E-state index in [-0.39, 0.29) is 6.61 Å². The molecule has 2 rings (SSSR count). The molecule has 1 unspecified atom stereocenters. The molecule has 114 valence electrons. The highest BCUT2D eigenvalue weighted by molar-refractivity contribution is 5.91. The van der Waals surface area contributed by atoms with Crippen LogP contribution in [0.1, 0.15) is 5.56 Å². The van der Waals surface area contributed by atoms with Crippen molar-refractivity contribution < 1.29 is 34.7 Å². The molecule has 0 amide bonds. The van der Waals surface area contributed by atoms with Crippen molar-refractivity contribution in [3.63, 3.8) is 0 Å². The van der Waals surface area contributed by atoms with Crippen molar-refractivity contribution in [2.75, 3.05) is 6.61 Å². The van der Waals surface area contributed by atoms with Crippen molar-refractivity contribution in [3.05, 3.63) is 41.7 Å². The van der Waals surface area contributed by atoms with Crippen LogP contribution in [-0.2, 0) is 14.3 Å². The molecule has 1 aliphatic heterocycles. The Bertz CT molecular complexity index is 513. The number of aliphatic hydroxyl groups is 4. The van der Waals surface area contributed by atoms with Crippen LogP contribution in [0, 0.1) is 0 Å². The Balaban J connectivity index is 1.99. The molecule has 0 spiro atoms. The standard InChI is InChI=1S/C14H16O7/c15-9(6-8-4-2-1-3-5-8)13(19)21-14-12(18)11(17)10(16)7-20-14/h1-6,10-12,14-18H,7H2/t10-,11-,12+,14?/m1/s1. The highest BCUT2D eigenvalue weighted by Crippen LogP contribution is 2.18. The molecular weight excluding hydrogens is 280 g/mol. The summed E-state index contributed by atoms with van der Waals surface area (Å²) in [6.45, 7) is -0.292. The number of ether oxygens (including phenoxy) is 2. The Morgan fingerprint density at radius 1 is 1.19 bits per heavy atom. The average molecular weight is 296 g/mol. The largest absolute Gasteiger partial charge is 0.502 e. The smallest absolute Gasteiger partial charge is 0.375 e. The zero-order valence-electron chi connectivity index (χ0n) is 11.0. The quantitative estimate of drug-likeness (QED) is 0.339. The van der Waals surface area contributed by atoms with Crippen molar-refractivity contribution in [1.82, 2.24) is 0 Å². The van der Waals surface area contributed by atoms with Gasteiger partial charge in [0.25, 0.3) is 0 Å². The second-order valence-electron chi connectivity index (χ2n) is 4.60. The van der Waals surface area contributed by atoms with Crippen molar-refractivity contribution >= 4 is 12.0 Å². The second kappa shape index (κ2) is 6.68. The van der Waals surface area contributed by atoms with Gasteiger partial charge in [0.15, 0.2) is 0 Å². The minimum Gasteiger partial charge on any atom is -0.502 e. The molecule has 7 heteroatoms. The summed E-state index contributed by atoms with van der Waals surface area (Å²) in [4.78, 5) is 11.7. The van der Waals surface area contributed by atoms with E-state index >= 15 is 0 Å². The normalized spacial score (nSPS) is 30.0. The van der Waals surface area contributed by atoms with Crippen LogP contribution < -0.4 is 0 Å². The highest BCUT2D eigenvalue weighted by atomic mass is 16.7. The molecule has 1 fully saturated rings. The van der Waals surface area contributed by atoms with E-state index in [1.165, 1.54) is 6.08 Å². The molecule has 0 bridgehead atoms. The maximum Gasteiger partial charge on any atom is 0.375 e. The Labute approximate surface area is 120 Å². The number of aliphatic hydroxyl groups excluding tert-OH is 4. The van der Waals surface area contributed by atoms with Crippen molar-refractivity contribution in [2.24, 2.45) is 0 Å². The van der Waals surface area contributed by atoms with Crippen LogP contribution in [0.5, 0.6) is 0 Å². The van der Waals surface area contributed by atoms with Crippen LogP contribution in [0.4, 0.5) is 0 Å². The van der Waals surface area contributed by atoms with Gasteiger partial charge >= 0.3 is 5.97 Å². The van der Waals surface area contributed by atoms with Gasteiger partial charge in [-0.3, -0.25) is 0 Å². The van der Waals surface area contributed by atoms with Gasteiger partial charge in [0.1, 0.15) is 18.3 Å². The number of rotatable bonds is 3. The van der Waals surface area contributed by atoms with Gasteiger partial charge in [0.05, 0.1) is 6.61 Å². The predicted molar refractivity (Wildman–Crippen MR) is 70.9 cm³/mol. The monoisotopic (exact) mass is 296 g/mol. The van der Waals surface area contributed by atoms with Crippen LogP contribution in [0.15, 0.2) is 36.1 Å². The fourth-order valence-electron chi connectivity index (χ4n) is 1.81. The molecule has 1 aromatic carbocycles. The van der Waals surface area contributed by atoms with Crippen molar-refractivity contribution in [3.8, 4) is 0 Å². The minimum absolute atomic E-state index is 0.292. The second-order valence-corrected chi connectivity index (χ2v) is 4.60. The lowest BCUT2D eigenvalue weighted by molar-refractivity contribution is -0.261. The van der Waals surface area contributed by atoms with Gasteiger partial charge in [0.2, 0.25) is 12.0 Å². The van der Waals surface area contributed by atoms with Gasteiger partial charge in [-0.1, -0.05) is 30.3 Å². The van der Waals surface area contributed by atoms with Gasteiger partial charge in [0, 0.05) is 0 Å². The third-order valence-corrected chi connectivity index (χ3v) is 2.99. The molecule has 0 saturated carbocycles. The summed E-state index contributed by atoms with van der Waals surface area (Å²) >= 11 is 0. The van der Waals surface area contributed by atoms with Crippen LogP contribution >= 0.6 is 0 Å². The van der Waals surface area contributed by atoms with Crippen LogP contribution in [0.2, 0.25) is 0 Å². The summed E-state index contributed by atoms with van der Waals surface area (Å²) in [5, 5.41) is 38.0.